The summed E-state index contributed by atoms with van der Waals surface area (Å²) in [6.07, 6.45) is 0. The first-order valence-electron chi connectivity index (χ1n) is 5.01. The monoisotopic (exact) mass is 305 g/mol. The van der Waals surface area contributed by atoms with Crippen LogP contribution in [0.15, 0.2) is 40.2 Å². The third-order valence-electron chi connectivity index (χ3n) is 2.43. The van der Waals surface area contributed by atoms with Gasteiger partial charge in [-0.15, -0.1) is 11.3 Å². The van der Waals surface area contributed by atoms with Crippen LogP contribution >= 0.6 is 27.3 Å². The number of nitrogens with two attached hydrogens (primary N) is 1. The molecule has 0 saturated carbocycles. The first-order valence-corrected chi connectivity index (χ1v) is 6.68. The van der Waals surface area contributed by atoms with Crippen molar-refractivity contribution in [1.29, 1.82) is 0 Å². The Labute approximate surface area is 110 Å². The lowest BCUT2D eigenvalue weighted by atomic mass is 10.2. The van der Waals surface area contributed by atoms with Gasteiger partial charge in [-0.1, -0.05) is 12.1 Å². The van der Waals surface area contributed by atoms with Crippen molar-refractivity contribution >= 4 is 44.1 Å². The van der Waals surface area contributed by atoms with Crippen LogP contribution in [0.1, 0.15) is 0 Å². The van der Waals surface area contributed by atoms with Gasteiger partial charge < -0.3 is 5.73 Å². The number of halogens is 1. The van der Waals surface area contributed by atoms with Gasteiger partial charge in [-0.2, -0.15) is 0 Å². The summed E-state index contributed by atoms with van der Waals surface area (Å²) in [7, 11) is 0. The molecule has 0 spiro atoms. The van der Waals surface area contributed by atoms with Crippen molar-refractivity contribution in [3.8, 4) is 10.6 Å². The van der Waals surface area contributed by atoms with E-state index in [1.165, 1.54) is 0 Å². The second kappa shape index (κ2) is 4.09. The molecular weight excluding hydrogens is 298 g/mol. The average molecular weight is 306 g/mol. The standard InChI is InChI=1S/C12H8BrN3S/c13-7-5-6-17-11(7)10-12(14)16-9-4-2-1-3-8(9)15-10/h1-6H,(H2,14,16). The molecule has 0 amide bonds. The number of aromatic nitrogens is 2. The number of anilines is 1. The molecule has 0 aliphatic carbocycles. The number of thiophene rings is 1. The van der Waals surface area contributed by atoms with Crippen LogP contribution in [0, 0.1) is 0 Å². The second-order valence-corrected chi connectivity index (χ2v) is 5.31. The van der Waals surface area contributed by atoms with Crippen LogP contribution in [0.3, 0.4) is 0 Å². The quantitative estimate of drug-likeness (QED) is 0.746. The molecule has 0 atom stereocenters. The highest BCUT2D eigenvalue weighted by Gasteiger charge is 2.12. The van der Waals surface area contributed by atoms with E-state index < -0.39 is 0 Å². The zero-order valence-corrected chi connectivity index (χ0v) is 11.1. The molecule has 84 valence electrons. The maximum absolute atomic E-state index is 5.96. The summed E-state index contributed by atoms with van der Waals surface area (Å²) < 4.78 is 0.999. The molecule has 3 aromatic rings. The Kier molecular flexibility index (Phi) is 2.57. The highest BCUT2D eigenvalue weighted by Crippen LogP contribution is 2.35. The predicted molar refractivity (Wildman–Crippen MR) is 75.0 cm³/mol. The molecule has 0 bridgehead atoms. The van der Waals surface area contributed by atoms with Crippen molar-refractivity contribution in [1.82, 2.24) is 9.97 Å². The van der Waals surface area contributed by atoms with Crippen LogP contribution in [-0.4, -0.2) is 9.97 Å². The van der Waals surface area contributed by atoms with E-state index >= 15 is 0 Å². The zero-order valence-electron chi connectivity index (χ0n) is 8.72. The number of nitrogen functional groups attached to an aromatic ring is 1. The van der Waals surface area contributed by atoms with Crippen molar-refractivity contribution in [2.24, 2.45) is 0 Å². The molecular formula is C12H8BrN3S. The molecule has 0 saturated heterocycles. The van der Waals surface area contributed by atoms with Gasteiger partial charge in [0.15, 0.2) is 5.82 Å². The molecule has 17 heavy (non-hydrogen) atoms. The lowest BCUT2D eigenvalue weighted by Crippen LogP contribution is -1.97. The van der Waals surface area contributed by atoms with Crippen LogP contribution in [0.4, 0.5) is 5.82 Å². The summed E-state index contributed by atoms with van der Waals surface area (Å²) in [5, 5.41) is 2.00. The largest absolute Gasteiger partial charge is 0.382 e. The first-order chi connectivity index (χ1) is 8.25. The molecule has 0 radical (unpaired) electrons. The number of benzene rings is 1. The fraction of sp³-hybridized carbons (Fsp3) is 0. The Morgan fingerprint density at radius 1 is 1.06 bits per heavy atom. The molecule has 0 aliphatic rings. The number of hydrogen-bond acceptors (Lipinski definition) is 4. The molecule has 5 heteroatoms. The fourth-order valence-corrected chi connectivity index (χ4v) is 3.20. The topological polar surface area (TPSA) is 51.8 Å². The van der Waals surface area contributed by atoms with Crippen LogP contribution in [0.25, 0.3) is 21.6 Å². The minimum Gasteiger partial charge on any atom is -0.382 e. The second-order valence-electron chi connectivity index (χ2n) is 3.54. The molecule has 0 aliphatic heterocycles. The Bertz CT molecular complexity index is 693. The molecule has 2 heterocycles. The molecule has 2 aromatic heterocycles. The Hall–Kier alpha value is -1.46. The number of fused-ring (bicyclic) bond motifs is 1. The first kappa shape index (κ1) is 10.7. The minimum absolute atomic E-state index is 0.465. The summed E-state index contributed by atoms with van der Waals surface area (Å²) in [5.74, 6) is 0.465. The number of nitrogens with zero attached hydrogens (tertiary/aromatic N) is 2. The number of hydrogen-bond donors (Lipinski definition) is 1. The summed E-state index contributed by atoms with van der Waals surface area (Å²) in [4.78, 5) is 9.96. The van der Waals surface area contributed by atoms with Gasteiger partial charge in [0.05, 0.1) is 15.9 Å². The van der Waals surface area contributed by atoms with Crippen LogP contribution in [-0.2, 0) is 0 Å². The smallest absolute Gasteiger partial charge is 0.151 e. The Balaban J connectivity index is 2.30. The Morgan fingerprint density at radius 3 is 2.41 bits per heavy atom. The molecule has 3 rings (SSSR count). The van der Waals surface area contributed by atoms with Crippen molar-refractivity contribution in [3.63, 3.8) is 0 Å². The van der Waals surface area contributed by atoms with Gasteiger partial charge in [-0.3, -0.25) is 0 Å². The van der Waals surface area contributed by atoms with Crippen LogP contribution in [0.2, 0.25) is 0 Å². The summed E-state index contributed by atoms with van der Waals surface area (Å²) in [6.45, 7) is 0. The maximum atomic E-state index is 5.96. The number of rotatable bonds is 1. The van der Waals surface area contributed by atoms with Gasteiger partial charge in [0, 0.05) is 4.47 Å². The summed E-state index contributed by atoms with van der Waals surface area (Å²) in [6, 6.07) is 9.70. The van der Waals surface area contributed by atoms with Gasteiger partial charge >= 0.3 is 0 Å². The van der Waals surface area contributed by atoms with Crippen LogP contribution in [0.5, 0.6) is 0 Å². The van der Waals surface area contributed by atoms with Gasteiger partial charge in [-0.25, -0.2) is 9.97 Å². The van der Waals surface area contributed by atoms with Gasteiger partial charge in [0.1, 0.15) is 5.69 Å². The van der Waals surface area contributed by atoms with E-state index in [1.807, 2.05) is 35.7 Å². The highest BCUT2D eigenvalue weighted by atomic mass is 79.9. The maximum Gasteiger partial charge on any atom is 0.151 e. The number of para-hydroxylation sites is 2. The SMILES string of the molecule is Nc1nc2ccccc2nc1-c1sccc1Br. The third-order valence-corrected chi connectivity index (χ3v) is 4.27. The predicted octanol–water partition coefficient (Wildman–Crippen LogP) is 3.70. The van der Waals surface area contributed by atoms with Gasteiger partial charge in [-0.05, 0) is 39.5 Å². The summed E-state index contributed by atoms with van der Waals surface area (Å²) >= 11 is 5.08. The molecule has 0 unspecified atom stereocenters. The molecule has 2 N–H and O–H groups in total. The molecule has 0 fully saturated rings. The van der Waals surface area contributed by atoms with E-state index in [1.54, 1.807) is 11.3 Å². The van der Waals surface area contributed by atoms with Gasteiger partial charge in [0.2, 0.25) is 0 Å². The van der Waals surface area contributed by atoms with E-state index in [0.29, 0.717) is 5.82 Å². The van der Waals surface area contributed by atoms with Crippen molar-refractivity contribution in [2.45, 2.75) is 0 Å². The molecule has 1 aromatic carbocycles. The lowest BCUT2D eigenvalue weighted by molar-refractivity contribution is 1.31. The van der Waals surface area contributed by atoms with Crippen molar-refractivity contribution in [2.75, 3.05) is 5.73 Å². The average Bonchev–Trinajstić information content (AvgIpc) is 2.74. The van der Waals surface area contributed by atoms with E-state index in [-0.39, 0.29) is 0 Å². The fourth-order valence-electron chi connectivity index (χ4n) is 1.64. The van der Waals surface area contributed by atoms with E-state index in [0.717, 1.165) is 26.1 Å². The van der Waals surface area contributed by atoms with E-state index in [9.17, 15) is 0 Å². The van der Waals surface area contributed by atoms with E-state index in [4.69, 9.17) is 5.73 Å². The van der Waals surface area contributed by atoms with Crippen molar-refractivity contribution < 1.29 is 0 Å². The lowest BCUT2D eigenvalue weighted by Gasteiger charge is -2.04. The Morgan fingerprint density at radius 2 is 1.76 bits per heavy atom. The van der Waals surface area contributed by atoms with E-state index in [2.05, 4.69) is 25.9 Å². The summed E-state index contributed by atoms with van der Waals surface area (Å²) in [5.41, 5.74) is 8.38. The van der Waals surface area contributed by atoms with Crippen LogP contribution < -0.4 is 5.73 Å². The zero-order chi connectivity index (χ0) is 11.8. The molecule has 3 nitrogen and oxygen atoms in total. The van der Waals surface area contributed by atoms with Crippen molar-refractivity contribution in [3.05, 3.63) is 40.2 Å². The van der Waals surface area contributed by atoms with Gasteiger partial charge in [0.25, 0.3) is 0 Å². The minimum atomic E-state index is 0.465. The normalized spacial score (nSPS) is 10.9. The third kappa shape index (κ3) is 1.81. The highest BCUT2D eigenvalue weighted by molar-refractivity contribution is 9.10.